The summed E-state index contributed by atoms with van der Waals surface area (Å²) in [5, 5.41) is 7.10. The predicted molar refractivity (Wildman–Crippen MR) is 140 cm³/mol. The topological polar surface area (TPSA) is 75.3 Å². The van der Waals surface area contributed by atoms with Crippen molar-refractivity contribution in [3.63, 3.8) is 0 Å². The fourth-order valence-electron chi connectivity index (χ4n) is 4.52. The molecule has 0 aliphatic carbocycles. The minimum atomic E-state index is -0.145. The van der Waals surface area contributed by atoms with Crippen LogP contribution in [0, 0.1) is 6.92 Å². The van der Waals surface area contributed by atoms with E-state index in [1.54, 1.807) is 12.5 Å². The molecule has 1 saturated heterocycles. The molecule has 3 aromatic heterocycles. The first-order valence-electron chi connectivity index (χ1n) is 11.6. The molecule has 0 spiro atoms. The highest BCUT2D eigenvalue weighted by Gasteiger charge is 2.42. The standard InChI is InChI=1S/C27H27N5O2S/c1-3-24(33)29-21-12-11-19(16-18(21)2)32-26(25(30-27(32)35)22-9-4-5-13-28-22)23-10-6-14-31(23)17-20-8-7-15-34-20/h4-16,25-26H,3,17H2,1-2H3,(H,29,33)(H,30,35)/t25-,26-/m0/s1. The Bertz CT molecular complexity index is 1330. The summed E-state index contributed by atoms with van der Waals surface area (Å²) in [6.07, 6.45) is 5.98. The molecule has 1 amide bonds. The molecule has 35 heavy (non-hydrogen) atoms. The fourth-order valence-corrected chi connectivity index (χ4v) is 4.87. The SMILES string of the molecule is CCC(=O)Nc1ccc(N2C(=S)N[C@@H](c3ccccn3)[C@@H]2c2cccn2Cc2ccco2)cc1C. The summed E-state index contributed by atoms with van der Waals surface area (Å²) in [5.74, 6) is 0.867. The van der Waals surface area contributed by atoms with Crippen molar-refractivity contribution in [2.75, 3.05) is 10.2 Å². The van der Waals surface area contributed by atoms with Crippen LogP contribution in [0.1, 0.15) is 48.1 Å². The van der Waals surface area contributed by atoms with E-state index in [2.05, 4.69) is 43.4 Å². The summed E-state index contributed by atoms with van der Waals surface area (Å²) in [4.78, 5) is 18.7. The number of furan rings is 1. The first-order chi connectivity index (χ1) is 17.0. The highest BCUT2D eigenvalue weighted by molar-refractivity contribution is 7.80. The van der Waals surface area contributed by atoms with Gasteiger partial charge in [-0.25, -0.2) is 0 Å². The van der Waals surface area contributed by atoms with Gasteiger partial charge in [-0.1, -0.05) is 13.0 Å². The molecular weight excluding hydrogens is 458 g/mol. The molecule has 1 fully saturated rings. The van der Waals surface area contributed by atoms with Gasteiger partial charge in [-0.3, -0.25) is 9.78 Å². The summed E-state index contributed by atoms with van der Waals surface area (Å²) >= 11 is 5.86. The third-order valence-electron chi connectivity index (χ3n) is 6.26. The average molecular weight is 486 g/mol. The molecule has 178 valence electrons. The van der Waals surface area contributed by atoms with E-state index in [-0.39, 0.29) is 18.0 Å². The fraction of sp³-hybridized carbons (Fsp3) is 0.222. The lowest BCUT2D eigenvalue weighted by Crippen LogP contribution is -2.30. The number of rotatable bonds is 7. The van der Waals surface area contributed by atoms with Crippen LogP contribution in [-0.2, 0) is 11.3 Å². The normalized spacial score (nSPS) is 17.4. The zero-order valence-corrected chi connectivity index (χ0v) is 20.5. The number of thiocarbonyl (C=S) groups is 1. The van der Waals surface area contributed by atoms with Crippen molar-refractivity contribution in [2.24, 2.45) is 0 Å². The summed E-state index contributed by atoms with van der Waals surface area (Å²) in [5.41, 5.74) is 4.72. The third-order valence-corrected chi connectivity index (χ3v) is 6.57. The maximum Gasteiger partial charge on any atom is 0.224 e. The van der Waals surface area contributed by atoms with Crippen molar-refractivity contribution >= 4 is 34.6 Å². The molecule has 4 aromatic rings. The smallest absolute Gasteiger partial charge is 0.224 e. The minimum absolute atomic E-state index is 0.0111. The Morgan fingerprint density at radius 3 is 2.77 bits per heavy atom. The Morgan fingerprint density at radius 1 is 1.17 bits per heavy atom. The molecule has 7 nitrogen and oxygen atoms in total. The highest BCUT2D eigenvalue weighted by Crippen LogP contribution is 2.42. The second-order valence-corrected chi connectivity index (χ2v) is 8.92. The molecule has 5 rings (SSSR count). The number of nitrogens with zero attached hydrogens (tertiary/aromatic N) is 3. The van der Waals surface area contributed by atoms with Crippen LogP contribution in [0.2, 0.25) is 0 Å². The number of anilines is 2. The van der Waals surface area contributed by atoms with Crippen molar-refractivity contribution < 1.29 is 9.21 Å². The Morgan fingerprint density at radius 2 is 2.06 bits per heavy atom. The molecule has 1 aromatic carbocycles. The van der Waals surface area contributed by atoms with Crippen molar-refractivity contribution in [3.8, 4) is 0 Å². The van der Waals surface area contributed by atoms with Crippen LogP contribution >= 0.6 is 12.2 Å². The second kappa shape index (κ2) is 9.76. The number of pyridine rings is 1. The lowest BCUT2D eigenvalue weighted by molar-refractivity contribution is -0.115. The Balaban J connectivity index is 1.56. The van der Waals surface area contributed by atoms with E-state index in [4.69, 9.17) is 16.6 Å². The van der Waals surface area contributed by atoms with E-state index in [9.17, 15) is 4.79 Å². The van der Waals surface area contributed by atoms with Gasteiger partial charge in [0.25, 0.3) is 0 Å². The number of carbonyl (C=O) groups is 1. The van der Waals surface area contributed by atoms with Crippen LogP contribution in [0.25, 0.3) is 0 Å². The average Bonchev–Trinajstić information content (AvgIpc) is 3.61. The maximum atomic E-state index is 11.9. The third kappa shape index (κ3) is 4.57. The van der Waals surface area contributed by atoms with Gasteiger partial charge < -0.3 is 24.5 Å². The predicted octanol–water partition coefficient (Wildman–Crippen LogP) is 5.36. The van der Waals surface area contributed by atoms with Crippen LogP contribution in [0.4, 0.5) is 11.4 Å². The first-order valence-corrected chi connectivity index (χ1v) is 12.0. The maximum absolute atomic E-state index is 11.9. The summed E-state index contributed by atoms with van der Waals surface area (Å²) < 4.78 is 7.80. The number of amides is 1. The van der Waals surface area contributed by atoms with Gasteiger partial charge in [-0.2, -0.15) is 0 Å². The van der Waals surface area contributed by atoms with Gasteiger partial charge in [-0.05, 0) is 79.3 Å². The van der Waals surface area contributed by atoms with Crippen molar-refractivity contribution in [1.82, 2.24) is 14.9 Å². The molecule has 0 radical (unpaired) electrons. The van der Waals surface area contributed by atoms with E-state index in [1.165, 1.54) is 0 Å². The summed E-state index contributed by atoms with van der Waals surface area (Å²) in [6, 6.07) is 19.7. The number of benzene rings is 1. The molecule has 8 heteroatoms. The van der Waals surface area contributed by atoms with Crippen molar-refractivity contribution in [3.05, 3.63) is 102 Å². The van der Waals surface area contributed by atoms with Gasteiger partial charge in [0, 0.05) is 35.9 Å². The van der Waals surface area contributed by atoms with Gasteiger partial charge in [0.2, 0.25) is 5.91 Å². The van der Waals surface area contributed by atoms with Gasteiger partial charge >= 0.3 is 0 Å². The zero-order chi connectivity index (χ0) is 24.4. The molecule has 1 aliphatic heterocycles. The van der Waals surface area contributed by atoms with Gasteiger partial charge in [0.15, 0.2) is 5.11 Å². The van der Waals surface area contributed by atoms with Crippen LogP contribution < -0.4 is 15.5 Å². The van der Waals surface area contributed by atoms with E-state index in [0.717, 1.165) is 34.1 Å². The largest absolute Gasteiger partial charge is 0.467 e. The van der Waals surface area contributed by atoms with E-state index >= 15 is 0 Å². The van der Waals surface area contributed by atoms with Crippen LogP contribution in [0.15, 0.2) is 83.7 Å². The number of hydrogen-bond acceptors (Lipinski definition) is 4. The van der Waals surface area contributed by atoms with Crippen LogP contribution in [-0.4, -0.2) is 20.6 Å². The van der Waals surface area contributed by atoms with Crippen molar-refractivity contribution in [1.29, 1.82) is 0 Å². The molecule has 4 heterocycles. The number of nitrogens with one attached hydrogen (secondary N) is 2. The van der Waals surface area contributed by atoms with Crippen molar-refractivity contribution in [2.45, 2.75) is 38.9 Å². The second-order valence-electron chi connectivity index (χ2n) is 8.54. The molecule has 2 N–H and O–H groups in total. The number of carbonyl (C=O) groups excluding carboxylic acids is 1. The first kappa shape index (κ1) is 22.9. The monoisotopic (exact) mass is 485 g/mol. The lowest BCUT2D eigenvalue weighted by Gasteiger charge is -2.29. The Labute approximate surface area is 209 Å². The zero-order valence-electron chi connectivity index (χ0n) is 19.6. The number of hydrogen-bond donors (Lipinski definition) is 2. The molecule has 0 bridgehead atoms. The molecule has 2 atom stereocenters. The van der Waals surface area contributed by atoms with Gasteiger partial charge in [0.1, 0.15) is 11.8 Å². The molecule has 0 saturated carbocycles. The van der Waals surface area contributed by atoms with E-state index < -0.39 is 0 Å². The highest BCUT2D eigenvalue weighted by atomic mass is 32.1. The van der Waals surface area contributed by atoms with Crippen LogP contribution in [0.5, 0.6) is 0 Å². The van der Waals surface area contributed by atoms with E-state index in [0.29, 0.717) is 18.1 Å². The molecule has 0 unspecified atom stereocenters. The van der Waals surface area contributed by atoms with Crippen LogP contribution in [0.3, 0.4) is 0 Å². The minimum Gasteiger partial charge on any atom is -0.467 e. The number of aromatic nitrogens is 2. The van der Waals surface area contributed by atoms with Gasteiger partial charge in [-0.15, -0.1) is 0 Å². The Hall–Kier alpha value is -3.91. The molecule has 1 aliphatic rings. The van der Waals surface area contributed by atoms with Gasteiger partial charge in [0.05, 0.1) is 24.5 Å². The lowest BCUT2D eigenvalue weighted by atomic mass is 10.0. The number of aryl methyl sites for hydroxylation is 1. The Kier molecular flexibility index (Phi) is 6.37. The molecular formula is C27H27N5O2S. The van der Waals surface area contributed by atoms with E-state index in [1.807, 2.05) is 62.4 Å². The summed E-state index contributed by atoms with van der Waals surface area (Å²) in [7, 11) is 0. The summed E-state index contributed by atoms with van der Waals surface area (Å²) in [6.45, 7) is 4.45. The quantitative estimate of drug-likeness (QED) is 0.343.